The second-order valence-corrected chi connectivity index (χ2v) is 24.5. The van der Waals surface area contributed by atoms with Crippen LogP contribution < -0.4 is 10.6 Å². The van der Waals surface area contributed by atoms with Crippen molar-refractivity contribution in [1.82, 2.24) is 10.6 Å². The highest BCUT2D eigenvalue weighted by Gasteiger charge is 2.78. The predicted molar refractivity (Wildman–Crippen MR) is 290 cm³/mol. The Labute approximate surface area is 480 Å². The van der Waals surface area contributed by atoms with Gasteiger partial charge in [0.2, 0.25) is 12.0 Å². The van der Waals surface area contributed by atoms with Crippen molar-refractivity contribution in [2.45, 2.75) is 147 Å². The predicted octanol–water partition coefficient (Wildman–Crippen LogP) is 5.06. The number of amides is 2. The number of esters is 4. The molecular weight excluding hydrogens is 1100 g/mol. The maximum atomic E-state index is 15.9. The molecule has 83 heavy (non-hydrogen) atoms. The summed E-state index contributed by atoms with van der Waals surface area (Å²) in [6, 6.07) is 22.0. The van der Waals surface area contributed by atoms with E-state index in [1.807, 2.05) is 0 Å². The highest BCUT2D eigenvalue weighted by Crippen LogP contribution is 2.64. The highest BCUT2D eigenvalue weighted by molar-refractivity contribution is 7.85. The Balaban J connectivity index is 1.23. The number of fused-ring (bicyclic) bond motifs is 5. The quantitative estimate of drug-likeness (QED) is 0.0630. The number of benzene rings is 3. The lowest BCUT2D eigenvalue weighted by Crippen LogP contribution is -2.82. The van der Waals surface area contributed by atoms with Gasteiger partial charge in [0.1, 0.15) is 36.1 Å². The zero-order valence-electron chi connectivity index (χ0n) is 47.0. The van der Waals surface area contributed by atoms with Crippen LogP contribution in [0.15, 0.2) is 114 Å². The molecule has 4 aliphatic carbocycles. The lowest BCUT2D eigenvalue weighted by Gasteiger charge is -2.67. The van der Waals surface area contributed by atoms with Crippen molar-refractivity contribution >= 4 is 57.7 Å². The van der Waals surface area contributed by atoms with E-state index in [4.69, 9.17) is 33.2 Å². The Hall–Kier alpha value is -7.31. The summed E-state index contributed by atoms with van der Waals surface area (Å²) in [5.74, 6) is -8.83. The minimum Gasteiger partial charge on any atom is -0.748 e. The first-order valence-electron chi connectivity index (χ1n) is 27.3. The Morgan fingerprint density at radius 2 is 1.46 bits per heavy atom. The van der Waals surface area contributed by atoms with Gasteiger partial charge < -0.3 is 58.6 Å². The lowest BCUT2D eigenvalue weighted by atomic mass is 9.44. The van der Waals surface area contributed by atoms with Gasteiger partial charge in [0.25, 0.3) is 5.91 Å². The Bertz CT molecular complexity index is 3170. The van der Waals surface area contributed by atoms with E-state index < -0.39 is 159 Å². The maximum absolute atomic E-state index is 15.9. The number of ether oxygens (including phenoxy) is 7. The van der Waals surface area contributed by atoms with Crippen LogP contribution in [0, 0.1) is 22.2 Å². The van der Waals surface area contributed by atoms with Crippen LogP contribution in [0.3, 0.4) is 0 Å². The first-order valence-corrected chi connectivity index (χ1v) is 28.9. The first kappa shape index (κ1) is 61.8. The van der Waals surface area contributed by atoms with Crippen molar-refractivity contribution < 1.29 is 94.7 Å². The Morgan fingerprint density at radius 3 is 2.05 bits per heavy atom. The van der Waals surface area contributed by atoms with Gasteiger partial charge in [-0.25, -0.2) is 22.8 Å². The van der Waals surface area contributed by atoms with Gasteiger partial charge in [-0.3, -0.25) is 24.0 Å². The number of ketones is 1. The first-order chi connectivity index (χ1) is 39.1. The van der Waals surface area contributed by atoms with Crippen LogP contribution in [0.5, 0.6) is 0 Å². The van der Waals surface area contributed by atoms with Gasteiger partial charge in [0, 0.05) is 49.6 Å². The smallest absolute Gasteiger partial charge is 0.509 e. The van der Waals surface area contributed by atoms with Crippen molar-refractivity contribution in [3.63, 3.8) is 0 Å². The summed E-state index contributed by atoms with van der Waals surface area (Å²) in [7, 11) is -4.62. The molecule has 446 valence electrons. The topological polar surface area (TPSA) is 323 Å². The van der Waals surface area contributed by atoms with E-state index in [1.165, 1.54) is 52.0 Å². The molecule has 3 aromatic carbocycles. The molecule has 2 amide bonds. The van der Waals surface area contributed by atoms with E-state index >= 15 is 9.59 Å². The van der Waals surface area contributed by atoms with Crippen LogP contribution in [0.4, 0.5) is 4.79 Å². The monoisotopic (exact) mass is 1170 g/mol. The molecule has 4 N–H and O–H groups in total. The van der Waals surface area contributed by atoms with Crippen LogP contribution in [0.2, 0.25) is 0 Å². The zero-order valence-corrected chi connectivity index (χ0v) is 47.8. The van der Waals surface area contributed by atoms with E-state index in [0.29, 0.717) is 12.8 Å². The number of nitrogens with one attached hydrogen (secondary N) is 2. The molecular formula is C60H69N2O20S-. The number of carbonyl (C=O) groups is 8. The molecule has 3 fully saturated rings. The van der Waals surface area contributed by atoms with Crippen LogP contribution >= 0.6 is 0 Å². The molecule has 0 unspecified atom stereocenters. The van der Waals surface area contributed by atoms with Crippen LogP contribution in [-0.2, 0) is 67.2 Å². The molecule has 1 heterocycles. The number of hydrogen-bond donors (Lipinski definition) is 4. The second kappa shape index (κ2) is 24.1. The van der Waals surface area contributed by atoms with Crippen molar-refractivity contribution in [2.75, 3.05) is 18.9 Å². The average molecular weight is 1170 g/mol. The number of allylic oxidation sites excluding steroid dienone is 1. The number of Topliss-reactive ketones (excluding diaryl/α,β-unsaturated/α-hetero) is 1. The fourth-order valence-electron chi connectivity index (χ4n) is 12.7. The Morgan fingerprint density at radius 1 is 0.831 bits per heavy atom. The summed E-state index contributed by atoms with van der Waals surface area (Å²) in [5, 5.41) is 31.7. The highest BCUT2D eigenvalue weighted by atomic mass is 32.2. The molecule has 8 rings (SSSR count). The summed E-state index contributed by atoms with van der Waals surface area (Å²) in [4.78, 5) is 115. The third-order valence-electron chi connectivity index (χ3n) is 17.3. The van der Waals surface area contributed by atoms with Gasteiger partial charge in [0.05, 0.1) is 45.5 Å². The largest absolute Gasteiger partial charge is 0.748 e. The molecule has 5 aliphatic rings. The maximum Gasteiger partial charge on any atom is 0.509 e. The molecule has 0 aromatic heterocycles. The minimum absolute atomic E-state index is 0.00402. The van der Waals surface area contributed by atoms with Crippen molar-refractivity contribution in [1.29, 1.82) is 0 Å². The van der Waals surface area contributed by atoms with E-state index in [0.717, 1.165) is 13.8 Å². The molecule has 13 atom stereocenters. The molecule has 2 bridgehead atoms. The van der Waals surface area contributed by atoms with Gasteiger partial charge in [-0.2, -0.15) is 0 Å². The molecule has 0 spiro atoms. The van der Waals surface area contributed by atoms with Crippen LogP contribution in [-0.4, -0.2) is 144 Å². The SMILES string of the molecule is CC(=O)O[C@H]1C(=O)[C@@]2(C)[C@H]([C@H](OC(=O)c3ccccc3)[C@]3(O)C[C@H](OC(=O)[C@H](OC(=O)O[C@H]4/C=C/CC[C@@](C)(C(=O)NCCS(=O)(=O)[O-])CC4)[C@@H](NC(=O)c4ccccc4)c4ccccc4)C(C)=C1C3(C)C)[C@]1(OC(C)=O)CO[C@@H]1C[C@@H]2O. The minimum atomic E-state index is -4.62. The van der Waals surface area contributed by atoms with Gasteiger partial charge in [-0.15, -0.1) is 0 Å². The second-order valence-electron chi connectivity index (χ2n) is 22.9. The van der Waals surface area contributed by atoms with E-state index in [9.17, 15) is 52.0 Å². The number of hydrogen-bond acceptors (Lipinski definition) is 20. The van der Waals surface area contributed by atoms with Gasteiger partial charge in [0.15, 0.2) is 17.5 Å². The molecule has 1 aliphatic heterocycles. The number of aliphatic hydroxyl groups is 2. The van der Waals surface area contributed by atoms with E-state index in [-0.39, 0.29) is 53.7 Å². The molecule has 3 aromatic rings. The third kappa shape index (κ3) is 12.4. The van der Waals surface area contributed by atoms with Crippen LogP contribution in [0.25, 0.3) is 0 Å². The fourth-order valence-corrected chi connectivity index (χ4v) is 13.1. The zero-order chi connectivity index (χ0) is 60.5. The number of carbonyl (C=O) groups excluding carboxylic acids is 8. The Kier molecular flexibility index (Phi) is 17.9. The summed E-state index contributed by atoms with van der Waals surface area (Å²) < 4.78 is 76.5. The molecule has 23 heteroatoms. The fraction of sp³-hybridized carbons (Fsp3) is 0.500. The number of rotatable bonds is 16. The summed E-state index contributed by atoms with van der Waals surface area (Å²) in [6.45, 7) is 8.85. The van der Waals surface area contributed by atoms with Gasteiger partial charge in [-0.1, -0.05) is 93.6 Å². The number of aliphatic hydroxyl groups excluding tert-OH is 1. The summed E-state index contributed by atoms with van der Waals surface area (Å²) in [5.41, 5.74) is -9.18. The lowest BCUT2D eigenvalue weighted by molar-refractivity contribution is -0.346. The summed E-state index contributed by atoms with van der Waals surface area (Å²) >= 11 is 0. The molecule has 0 radical (unpaired) electrons. The van der Waals surface area contributed by atoms with E-state index in [2.05, 4.69) is 10.6 Å². The molecule has 1 saturated heterocycles. The standard InChI is InChI=1S/C60H70N2O20S/c1-34-41(32-60(72)50(81-52(68)39-23-15-10-16-24-39)48-58(7,42(65)31-43-59(48,33-76-43)82-36(3)64)49(66)46(77-35(2)63)44(34)56(60,4)5)79-53(69)47(45(37-19-11-8-12-20-37)62-51(67)38-21-13-9-14-22-38)80-55(71)78-40-25-17-18-27-57(6,28-26-40)54(70)61-29-30-83(73,74)75/h8-17,19-25,40-43,45-48,50,65,72H,18,26-33H2,1-7H3,(H,61,70)(H,62,67)(H,73,74,75)/p-1/b25-17+/t40-,41-,42-,43+,45-,46+,47+,48-,50-,57+,58+,59-,60+/m0/s1. The summed E-state index contributed by atoms with van der Waals surface area (Å²) in [6.07, 6.45) is -10.0. The third-order valence-corrected chi connectivity index (χ3v) is 18.0. The van der Waals surface area contributed by atoms with E-state index in [1.54, 1.807) is 85.8 Å². The molecule has 2 saturated carbocycles. The van der Waals surface area contributed by atoms with Crippen molar-refractivity contribution in [3.8, 4) is 0 Å². The van der Waals surface area contributed by atoms with Crippen molar-refractivity contribution in [3.05, 3.63) is 131 Å². The van der Waals surface area contributed by atoms with Gasteiger partial charge in [-0.05, 0) is 86.6 Å². The van der Waals surface area contributed by atoms with Crippen LogP contribution in [0.1, 0.15) is 119 Å². The molecule has 22 nitrogen and oxygen atoms in total. The normalized spacial score (nSPS) is 31.1. The average Bonchev–Trinajstić information content (AvgIpc) is 0.844. The van der Waals surface area contributed by atoms with Crippen molar-refractivity contribution in [2.24, 2.45) is 22.2 Å². The van der Waals surface area contributed by atoms with Gasteiger partial charge >= 0.3 is 30.0 Å².